The molecule has 0 aliphatic carbocycles. The molecule has 2 aromatic carbocycles. The van der Waals surface area contributed by atoms with E-state index in [0.29, 0.717) is 36.1 Å². The van der Waals surface area contributed by atoms with Crippen LogP contribution in [0.3, 0.4) is 0 Å². The minimum absolute atomic E-state index is 0.175. The molecule has 2 N–H and O–H groups in total. The Morgan fingerprint density at radius 1 is 1.16 bits per heavy atom. The Hall–Kier alpha value is -2.41. The molecule has 0 radical (unpaired) electrons. The van der Waals surface area contributed by atoms with Crippen molar-refractivity contribution in [2.24, 2.45) is 0 Å². The quantitative estimate of drug-likeness (QED) is 0.792. The van der Waals surface area contributed by atoms with Gasteiger partial charge in [0.2, 0.25) is 5.91 Å². The normalized spacial score (nSPS) is 13.7. The van der Waals surface area contributed by atoms with E-state index in [2.05, 4.69) is 26.6 Å². The van der Waals surface area contributed by atoms with Gasteiger partial charge >= 0.3 is 0 Å². The molecule has 1 amide bonds. The first-order valence-corrected chi connectivity index (χ1v) is 8.67. The van der Waals surface area contributed by atoms with Gasteiger partial charge in [-0.05, 0) is 35.0 Å². The molecule has 1 atom stereocenters. The Morgan fingerprint density at radius 2 is 1.84 bits per heavy atom. The average molecular weight is 407 g/mol. The molecule has 1 aliphatic rings. The zero-order valence-electron chi connectivity index (χ0n) is 14.0. The zero-order valence-corrected chi connectivity index (χ0v) is 15.6. The lowest BCUT2D eigenvalue weighted by molar-refractivity contribution is -0.116. The van der Waals surface area contributed by atoms with Crippen LogP contribution in [0.1, 0.15) is 6.92 Å². The van der Waals surface area contributed by atoms with Gasteiger partial charge in [-0.15, -0.1) is 0 Å². The lowest BCUT2D eigenvalue weighted by atomic mass is 10.2. The first-order valence-electron chi connectivity index (χ1n) is 7.88. The number of anilines is 2. The van der Waals surface area contributed by atoms with Gasteiger partial charge in [0.05, 0.1) is 18.5 Å². The molecule has 1 aliphatic heterocycles. The van der Waals surface area contributed by atoms with Crippen LogP contribution in [0.25, 0.3) is 0 Å². The third-order valence-corrected chi connectivity index (χ3v) is 4.42. The van der Waals surface area contributed by atoms with E-state index >= 15 is 0 Å². The molecular formula is C18H19BrN2O4. The van der Waals surface area contributed by atoms with E-state index in [1.807, 2.05) is 24.3 Å². The third-order valence-electron chi connectivity index (χ3n) is 3.76. The maximum Gasteiger partial charge on any atom is 0.246 e. The van der Waals surface area contributed by atoms with Crippen LogP contribution in [0.5, 0.6) is 17.2 Å². The van der Waals surface area contributed by atoms with Crippen LogP contribution in [0.4, 0.5) is 11.4 Å². The standard InChI is InChI=1S/C18H19BrN2O4/c1-11(18(22)21-13-5-3-4-6-15(13)23-2)20-14-10-17-16(9-12(14)19)24-7-8-25-17/h3-6,9-11,20H,7-8H2,1-2H3,(H,21,22)/t11-/m1/s1. The van der Waals surface area contributed by atoms with Gasteiger partial charge in [-0.2, -0.15) is 0 Å². The maximum atomic E-state index is 12.5. The van der Waals surface area contributed by atoms with E-state index in [-0.39, 0.29) is 5.91 Å². The number of hydrogen-bond acceptors (Lipinski definition) is 5. The zero-order chi connectivity index (χ0) is 17.8. The Morgan fingerprint density at radius 3 is 2.56 bits per heavy atom. The van der Waals surface area contributed by atoms with Gasteiger partial charge in [-0.1, -0.05) is 12.1 Å². The predicted molar refractivity (Wildman–Crippen MR) is 99.8 cm³/mol. The number of hydrogen-bond donors (Lipinski definition) is 2. The molecule has 7 heteroatoms. The summed E-state index contributed by atoms with van der Waals surface area (Å²) in [5.41, 5.74) is 1.39. The molecule has 6 nitrogen and oxygen atoms in total. The number of carbonyl (C=O) groups excluding carboxylic acids is 1. The number of nitrogens with one attached hydrogen (secondary N) is 2. The van der Waals surface area contributed by atoms with Crippen LogP contribution in [0.15, 0.2) is 40.9 Å². The van der Waals surface area contributed by atoms with Crippen LogP contribution >= 0.6 is 15.9 Å². The topological polar surface area (TPSA) is 68.8 Å². The van der Waals surface area contributed by atoms with Crippen LogP contribution in [0.2, 0.25) is 0 Å². The molecule has 1 heterocycles. The molecule has 0 spiro atoms. The summed E-state index contributed by atoms with van der Waals surface area (Å²) < 4.78 is 17.2. The summed E-state index contributed by atoms with van der Waals surface area (Å²) in [7, 11) is 1.57. The highest BCUT2D eigenvalue weighted by Gasteiger charge is 2.19. The van der Waals surface area contributed by atoms with E-state index < -0.39 is 6.04 Å². The smallest absolute Gasteiger partial charge is 0.246 e. The molecule has 0 saturated heterocycles. The number of carbonyl (C=O) groups is 1. The highest BCUT2D eigenvalue weighted by molar-refractivity contribution is 9.10. The SMILES string of the molecule is COc1ccccc1NC(=O)[C@@H](C)Nc1cc2c(cc1Br)OCCO2. The summed E-state index contributed by atoms with van der Waals surface area (Å²) in [6.45, 7) is 2.83. The van der Waals surface area contributed by atoms with Crippen LogP contribution in [-0.2, 0) is 4.79 Å². The number of rotatable bonds is 5. The first kappa shape index (κ1) is 17.4. The lowest BCUT2D eigenvalue weighted by Crippen LogP contribution is -2.32. The summed E-state index contributed by atoms with van der Waals surface area (Å²) in [4.78, 5) is 12.5. The monoisotopic (exact) mass is 406 g/mol. The van der Waals surface area contributed by atoms with Gasteiger partial charge in [0.15, 0.2) is 11.5 Å². The van der Waals surface area contributed by atoms with Crippen molar-refractivity contribution in [2.75, 3.05) is 31.0 Å². The fourth-order valence-corrected chi connectivity index (χ4v) is 2.90. The number of halogens is 1. The van der Waals surface area contributed by atoms with Gasteiger partial charge in [0.1, 0.15) is 25.0 Å². The number of benzene rings is 2. The number of methoxy groups -OCH3 is 1. The van der Waals surface area contributed by atoms with Crippen LogP contribution in [-0.4, -0.2) is 32.3 Å². The fourth-order valence-electron chi connectivity index (χ4n) is 2.46. The maximum absolute atomic E-state index is 12.5. The van der Waals surface area contributed by atoms with Crippen molar-refractivity contribution in [1.29, 1.82) is 0 Å². The van der Waals surface area contributed by atoms with E-state index in [4.69, 9.17) is 14.2 Å². The fraction of sp³-hybridized carbons (Fsp3) is 0.278. The van der Waals surface area contributed by atoms with Crippen molar-refractivity contribution in [3.8, 4) is 17.2 Å². The Kier molecular flexibility index (Phi) is 5.33. The van der Waals surface area contributed by atoms with Gasteiger partial charge in [-0.25, -0.2) is 0 Å². The summed E-state index contributed by atoms with van der Waals surface area (Å²) in [6, 6.07) is 10.5. The lowest BCUT2D eigenvalue weighted by Gasteiger charge is -2.22. The largest absolute Gasteiger partial charge is 0.495 e. The minimum Gasteiger partial charge on any atom is -0.495 e. The molecule has 0 unspecified atom stereocenters. The third kappa shape index (κ3) is 3.99. The molecule has 0 aromatic heterocycles. The Bertz CT molecular complexity index is 782. The highest BCUT2D eigenvalue weighted by atomic mass is 79.9. The first-order chi connectivity index (χ1) is 12.1. The summed E-state index contributed by atoms with van der Waals surface area (Å²) in [5, 5.41) is 6.05. The molecule has 132 valence electrons. The van der Waals surface area contributed by atoms with Gasteiger partial charge < -0.3 is 24.8 Å². The molecule has 2 aromatic rings. The van der Waals surface area contributed by atoms with E-state index in [1.165, 1.54) is 0 Å². The molecule has 0 bridgehead atoms. The van der Waals surface area contributed by atoms with Crippen molar-refractivity contribution in [3.05, 3.63) is 40.9 Å². The van der Waals surface area contributed by atoms with Crippen molar-refractivity contribution in [2.45, 2.75) is 13.0 Å². The Labute approximate surface area is 154 Å². The van der Waals surface area contributed by atoms with Crippen molar-refractivity contribution in [3.63, 3.8) is 0 Å². The van der Waals surface area contributed by atoms with Gasteiger partial charge in [0, 0.05) is 16.6 Å². The highest BCUT2D eigenvalue weighted by Crippen LogP contribution is 2.38. The summed E-state index contributed by atoms with van der Waals surface area (Å²) >= 11 is 3.49. The minimum atomic E-state index is -0.469. The van der Waals surface area contributed by atoms with E-state index in [1.54, 1.807) is 26.2 Å². The van der Waals surface area contributed by atoms with Crippen molar-refractivity contribution < 1.29 is 19.0 Å². The predicted octanol–water partition coefficient (Wildman–Crippen LogP) is 3.67. The molecule has 0 fully saturated rings. The number of para-hydroxylation sites is 2. The average Bonchev–Trinajstić information content (AvgIpc) is 2.62. The van der Waals surface area contributed by atoms with Crippen LogP contribution < -0.4 is 24.8 Å². The molecule has 3 rings (SSSR count). The Balaban J connectivity index is 1.71. The number of fused-ring (bicyclic) bond motifs is 1. The van der Waals surface area contributed by atoms with E-state index in [0.717, 1.165) is 10.2 Å². The summed E-state index contributed by atoms with van der Waals surface area (Å²) in [5.74, 6) is 1.79. The van der Waals surface area contributed by atoms with Crippen molar-refractivity contribution in [1.82, 2.24) is 0 Å². The van der Waals surface area contributed by atoms with E-state index in [9.17, 15) is 4.79 Å². The van der Waals surface area contributed by atoms with Crippen LogP contribution in [0, 0.1) is 0 Å². The number of ether oxygens (including phenoxy) is 3. The second kappa shape index (κ2) is 7.65. The molecule has 0 saturated carbocycles. The van der Waals surface area contributed by atoms with Gasteiger partial charge in [0.25, 0.3) is 0 Å². The van der Waals surface area contributed by atoms with Gasteiger partial charge in [-0.3, -0.25) is 4.79 Å². The number of amides is 1. The second-order valence-electron chi connectivity index (χ2n) is 5.53. The van der Waals surface area contributed by atoms with Crippen molar-refractivity contribution >= 4 is 33.2 Å². The molecular weight excluding hydrogens is 388 g/mol. The second-order valence-corrected chi connectivity index (χ2v) is 6.39. The molecule has 25 heavy (non-hydrogen) atoms. The summed E-state index contributed by atoms with van der Waals surface area (Å²) in [6.07, 6.45) is 0.